The molecule has 1 aliphatic rings. The summed E-state index contributed by atoms with van der Waals surface area (Å²) in [6.07, 6.45) is 2.78. The maximum absolute atomic E-state index is 3.89. The summed E-state index contributed by atoms with van der Waals surface area (Å²) in [7, 11) is 0. The Morgan fingerprint density at radius 3 is 2.57 bits per heavy atom. The molecular weight excluding hydrogens is 83.0 g/mol. The molecule has 0 radical (unpaired) electrons. The van der Waals surface area contributed by atoms with Crippen LogP contribution in [0.3, 0.4) is 0 Å². The van der Waals surface area contributed by atoms with E-state index in [9.17, 15) is 0 Å². The van der Waals surface area contributed by atoms with E-state index in [1.54, 1.807) is 6.34 Å². The number of hydrogen-bond donors (Lipinski definition) is 0. The zero-order valence-electron chi connectivity index (χ0n) is 4.59. The van der Waals surface area contributed by atoms with Crippen LogP contribution in [0, 0.1) is 0 Å². The molecule has 0 aromatic rings. The second-order valence-corrected chi connectivity index (χ2v) is 1.28. The summed E-state index contributed by atoms with van der Waals surface area (Å²) >= 11 is 0. The molecule has 0 aromatic carbocycles. The zero-order valence-corrected chi connectivity index (χ0v) is 4.59. The molecule has 0 saturated heterocycles. The summed E-state index contributed by atoms with van der Waals surface area (Å²) in [4.78, 5) is 3.89. The molecule has 3 heteroatoms. The van der Waals surface area contributed by atoms with Crippen molar-refractivity contribution in [1.82, 2.24) is 0 Å². The van der Waals surface area contributed by atoms with Crippen molar-refractivity contribution in [3.63, 3.8) is 0 Å². The van der Waals surface area contributed by atoms with E-state index in [4.69, 9.17) is 0 Å². The molecule has 0 saturated carbocycles. The Morgan fingerprint density at radius 2 is 2.43 bits per heavy atom. The van der Waals surface area contributed by atoms with Gasteiger partial charge in [0.2, 0.25) is 0 Å². The number of aliphatic imine (C=N–C) groups is 1. The third-order valence-electron chi connectivity index (χ3n) is 0.738. The molecule has 7 heavy (non-hydrogen) atoms. The van der Waals surface area contributed by atoms with Crippen molar-refractivity contribution in [3.8, 4) is 0 Å². The second-order valence-electron chi connectivity index (χ2n) is 1.28. The summed E-state index contributed by atoms with van der Waals surface area (Å²) in [5, 5.41) is 3.89. The van der Waals surface area contributed by atoms with E-state index in [0.717, 1.165) is 19.5 Å². The fourth-order valence-electron chi connectivity index (χ4n) is 0.426. The molecule has 34 valence electrons. The molecule has 0 amide bonds. The maximum Gasteiger partial charge on any atom is 1.00 e. The minimum atomic E-state index is 0. The molecule has 0 aromatic heterocycles. The summed E-state index contributed by atoms with van der Waals surface area (Å²) in [5.74, 6) is 0. The van der Waals surface area contributed by atoms with Crippen molar-refractivity contribution in [2.75, 3.05) is 13.1 Å². The molecule has 0 spiro atoms. The van der Waals surface area contributed by atoms with Crippen LogP contribution in [0.4, 0.5) is 0 Å². The van der Waals surface area contributed by atoms with Crippen LogP contribution in [0.15, 0.2) is 4.99 Å². The van der Waals surface area contributed by atoms with Crippen molar-refractivity contribution >= 4 is 6.34 Å². The SMILES string of the molecule is C1=NCCC[N-]1.[Li+]. The van der Waals surface area contributed by atoms with Crippen LogP contribution in [-0.4, -0.2) is 19.4 Å². The molecule has 1 rings (SSSR count). The van der Waals surface area contributed by atoms with E-state index >= 15 is 0 Å². The molecule has 1 heterocycles. The van der Waals surface area contributed by atoms with E-state index in [1.165, 1.54) is 0 Å². The van der Waals surface area contributed by atoms with Gasteiger partial charge in [0.05, 0.1) is 0 Å². The standard InChI is InChI=1S/C4H7N2.Li/c1-2-5-4-6-3-1;/h4H,1-3H2;/q-1;+1. The molecule has 2 nitrogen and oxygen atoms in total. The van der Waals surface area contributed by atoms with Crippen LogP contribution in [0.2, 0.25) is 0 Å². The zero-order chi connectivity index (χ0) is 4.24. The minimum Gasteiger partial charge on any atom is -0.472 e. The van der Waals surface area contributed by atoms with Gasteiger partial charge in [-0.15, -0.1) is 6.34 Å². The van der Waals surface area contributed by atoms with E-state index in [2.05, 4.69) is 10.3 Å². The van der Waals surface area contributed by atoms with Crippen molar-refractivity contribution in [1.29, 1.82) is 0 Å². The van der Waals surface area contributed by atoms with E-state index in [1.807, 2.05) is 0 Å². The van der Waals surface area contributed by atoms with Crippen molar-refractivity contribution < 1.29 is 18.9 Å². The van der Waals surface area contributed by atoms with Gasteiger partial charge in [-0.1, -0.05) is 19.5 Å². The van der Waals surface area contributed by atoms with Crippen LogP contribution in [0.5, 0.6) is 0 Å². The smallest absolute Gasteiger partial charge is 0.472 e. The van der Waals surface area contributed by atoms with Crippen molar-refractivity contribution in [2.45, 2.75) is 6.42 Å². The third kappa shape index (κ3) is 2.73. The van der Waals surface area contributed by atoms with Gasteiger partial charge in [-0.05, 0) is 0 Å². The molecule has 1 aliphatic heterocycles. The predicted octanol–water partition coefficient (Wildman–Crippen LogP) is -2.20. The van der Waals surface area contributed by atoms with Crippen LogP contribution < -0.4 is 18.9 Å². The fraction of sp³-hybridized carbons (Fsp3) is 0.750. The van der Waals surface area contributed by atoms with Crippen LogP contribution in [0.25, 0.3) is 5.32 Å². The Balaban J connectivity index is 0.000000360. The van der Waals surface area contributed by atoms with E-state index in [0.29, 0.717) is 0 Å². The third-order valence-corrected chi connectivity index (χ3v) is 0.738. The Morgan fingerprint density at radius 1 is 1.57 bits per heavy atom. The Bertz CT molecular complexity index is 54.7. The first-order valence-corrected chi connectivity index (χ1v) is 2.15. The van der Waals surface area contributed by atoms with Crippen LogP contribution in [-0.2, 0) is 0 Å². The molecule has 0 fully saturated rings. The van der Waals surface area contributed by atoms with Crippen molar-refractivity contribution in [3.05, 3.63) is 5.32 Å². The number of nitrogens with zero attached hydrogens (tertiary/aromatic N) is 2. The fourth-order valence-corrected chi connectivity index (χ4v) is 0.426. The first-order valence-electron chi connectivity index (χ1n) is 2.15. The molecule has 0 N–H and O–H groups in total. The monoisotopic (exact) mass is 90.1 g/mol. The average Bonchev–Trinajstić information content (AvgIpc) is 1.72. The van der Waals surface area contributed by atoms with Gasteiger partial charge >= 0.3 is 18.9 Å². The Kier molecular flexibility index (Phi) is 4.27. The van der Waals surface area contributed by atoms with Gasteiger partial charge in [0.1, 0.15) is 0 Å². The molecular formula is C4H7LiN2. The summed E-state index contributed by atoms with van der Waals surface area (Å²) in [6, 6.07) is 0. The summed E-state index contributed by atoms with van der Waals surface area (Å²) in [6.45, 7) is 1.95. The maximum atomic E-state index is 3.89. The normalized spacial score (nSPS) is 17.1. The van der Waals surface area contributed by atoms with Crippen LogP contribution in [0.1, 0.15) is 6.42 Å². The second kappa shape index (κ2) is 4.23. The first-order chi connectivity index (χ1) is 3.00. The van der Waals surface area contributed by atoms with Gasteiger partial charge in [0.25, 0.3) is 0 Å². The van der Waals surface area contributed by atoms with Crippen LogP contribution >= 0.6 is 0 Å². The first kappa shape index (κ1) is 7.07. The molecule has 0 unspecified atom stereocenters. The van der Waals surface area contributed by atoms with Gasteiger partial charge in [-0.3, -0.25) is 0 Å². The van der Waals surface area contributed by atoms with Crippen molar-refractivity contribution in [2.24, 2.45) is 4.99 Å². The summed E-state index contributed by atoms with van der Waals surface area (Å²) in [5.41, 5.74) is 0. The Labute approximate surface area is 55.6 Å². The Hall–Kier alpha value is 0.0674. The topological polar surface area (TPSA) is 26.5 Å². The molecule has 0 aliphatic carbocycles. The average molecular weight is 90.1 g/mol. The van der Waals surface area contributed by atoms with Gasteiger partial charge in [0.15, 0.2) is 0 Å². The number of hydrogen-bond acceptors (Lipinski definition) is 1. The van der Waals surface area contributed by atoms with Gasteiger partial charge in [-0.2, -0.15) is 0 Å². The van der Waals surface area contributed by atoms with Gasteiger partial charge in [-0.25, -0.2) is 0 Å². The van der Waals surface area contributed by atoms with Gasteiger partial charge < -0.3 is 10.3 Å². The molecule has 0 atom stereocenters. The summed E-state index contributed by atoms with van der Waals surface area (Å²) < 4.78 is 0. The van der Waals surface area contributed by atoms with Gasteiger partial charge in [0, 0.05) is 0 Å². The number of rotatable bonds is 0. The minimum absolute atomic E-state index is 0. The quantitative estimate of drug-likeness (QED) is 0.302. The molecule has 0 bridgehead atoms. The largest absolute Gasteiger partial charge is 1.00 e. The predicted molar refractivity (Wildman–Crippen MR) is 26.2 cm³/mol. The van der Waals surface area contributed by atoms with E-state index in [-0.39, 0.29) is 18.9 Å². The van der Waals surface area contributed by atoms with E-state index < -0.39 is 0 Å².